The monoisotopic (exact) mass is 303 g/mol. The van der Waals surface area contributed by atoms with Gasteiger partial charge in [-0.25, -0.2) is 13.8 Å². The van der Waals surface area contributed by atoms with E-state index in [0.717, 1.165) is 12.1 Å². The number of halogens is 2. The smallest absolute Gasteiger partial charge is 0.261 e. The van der Waals surface area contributed by atoms with Gasteiger partial charge in [0, 0.05) is 11.8 Å². The lowest BCUT2D eigenvalue weighted by atomic mass is 10.2. The van der Waals surface area contributed by atoms with Crippen molar-refractivity contribution >= 4 is 28.5 Å². The van der Waals surface area contributed by atoms with Gasteiger partial charge in [0.1, 0.15) is 17.2 Å². The molecule has 0 spiro atoms. The summed E-state index contributed by atoms with van der Waals surface area (Å²) < 4.78 is 33.0. The Morgan fingerprint density at radius 2 is 1.90 bits per heavy atom. The minimum absolute atomic E-state index is 0.0836. The number of hydrogen-bond acceptors (Lipinski definition) is 5. The Morgan fingerprint density at radius 1 is 1.19 bits per heavy atom. The summed E-state index contributed by atoms with van der Waals surface area (Å²) in [7, 11) is 0. The van der Waals surface area contributed by atoms with Gasteiger partial charge >= 0.3 is 0 Å². The van der Waals surface area contributed by atoms with Crippen LogP contribution in [0.4, 0.5) is 14.5 Å². The molecule has 7 heteroatoms. The quantitative estimate of drug-likeness (QED) is 0.730. The lowest BCUT2D eigenvalue weighted by Crippen LogP contribution is -1.90. The third-order valence-electron chi connectivity index (χ3n) is 2.71. The zero-order valence-electron chi connectivity index (χ0n) is 10.4. The molecule has 1 heterocycles. The molecule has 3 rings (SSSR count). The SMILES string of the molecule is N#Cc1cc(F)c(Sc2nc3ccc(N)cc3o2)c(F)c1. The van der Waals surface area contributed by atoms with Crippen LogP contribution in [0.2, 0.25) is 0 Å². The van der Waals surface area contributed by atoms with Gasteiger partial charge in [-0.3, -0.25) is 0 Å². The zero-order valence-corrected chi connectivity index (χ0v) is 11.2. The fourth-order valence-corrected chi connectivity index (χ4v) is 2.54. The number of nitrogens with zero attached hydrogens (tertiary/aromatic N) is 2. The molecule has 4 nitrogen and oxygen atoms in total. The molecule has 0 amide bonds. The molecule has 0 aliphatic rings. The number of anilines is 1. The number of oxazole rings is 1. The summed E-state index contributed by atoms with van der Waals surface area (Å²) in [5, 5.41) is 8.75. The predicted molar refractivity (Wildman–Crippen MR) is 73.6 cm³/mol. The second kappa shape index (κ2) is 5.07. The Morgan fingerprint density at radius 3 is 2.57 bits per heavy atom. The molecule has 0 aliphatic carbocycles. The third kappa shape index (κ3) is 2.53. The van der Waals surface area contributed by atoms with E-state index >= 15 is 0 Å². The molecule has 2 aromatic carbocycles. The molecular formula is C14H7F2N3OS. The van der Waals surface area contributed by atoms with E-state index in [1.54, 1.807) is 24.3 Å². The number of benzene rings is 2. The number of nitrogens with two attached hydrogens (primary N) is 1. The van der Waals surface area contributed by atoms with Gasteiger partial charge in [0.15, 0.2) is 5.58 Å². The van der Waals surface area contributed by atoms with Crippen molar-refractivity contribution in [1.29, 1.82) is 5.26 Å². The maximum absolute atomic E-state index is 13.8. The number of rotatable bonds is 2. The van der Waals surface area contributed by atoms with Crippen molar-refractivity contribution in [2.75, 3.05) is 5.73 Å². The molecular weight excluding hydrogens is 296 g/mol. The Bertz CT molecular complexity index is 863. The first-order valence-corrected chi connectivity index (χ1v) is 6.61. The molecule has 0 unspecified atom stereocenters. The molecule has 0 aliphatic heterocycles. The van der Waals surface area contributed by atoms with Crippen LogP contribution < -0.4 is 5.73 Å². The molecule has 0 atom stereocenters. The van der Waals surface area contributed by atoms with E-state index in [4.69, 9.17) is 15.4 Å². The maximum Gasteiger partial charge on any atom is 0.261 e. The molecule has 0 saturated heterocycles. The number of aromatic nitrogens is 1. The number of nitrogen functional groups attached to an aromatic ring is 1. The van der Waals surface area contributed by atoms with E-state index in [0.29, 0.717) is 28.5 Å². The number of fused-ring (bicyclic) bond motifs is 1. The van der Waals surface area contributed by atoms with E-state index < -0.39 is 11.6 Å². The van der Waals surface area contributed by atoms with Crippen LogP contribution in [0.15, 0.2) is 44.9 Å². The molecule has 0 bridgehead atoms. The molecule has 2 N–H and O–H groups in total. The maximum atomic E-state index is 13.8. The molecule has 21 heavy (non-hydrogen) atoms. The van der Waals surface area contributed by atoms with Gasteiger partial charge in [-0.1, -0.05) is 0 Å². The summed E-state index contributed by atoms with van der Waals surface area (Å²) >= 11 is 0.714. The standard InChI is InChI=1S/C14H7F2N3OS/c15-9-3-7(6-17)4-10(16)13(9)21-14-19-11-2-1-8(18)5-12(11)20-14/h1-5H,18H2. The van der Waals surface area contributed by atoms with Gasteiger partial charge < -0.3 is 10.2 Å². The lowest BCUT2D eigenvalue weighted by molar-refractivity contribution is 0.485. The van der Waals surface area contributed by atoms with Crippen molar-refractivity contribution in [3.63, 3.8) is 0 Å². The summed E-state index contributed by atoms with van der Waals surface area (Å²) in [6.45, 7) is 0. The minimum Gasteiger partial charge on any atom is -0.431 e. The van der Waals surface area contributed by atoms with Crippen molar-refractivity contribution in [1.82, 2.24) is 4.98 Å². The number of hydrogen-bond donors (Lipinski definition) is 1. The summed E-state index contributed by atoms with van der Waals surface area (Å²) in [6.07, 6.45) is 0. The topological polar surface area (TPSA) is 75.8 Å². The Labute approximate surface area is 122 Å². The van der Waals surface area contributed by atoms with Crippen LogP contribution in [0.3, 0.4) is 0 Å². The molecule has 0 saturated carbocycles. The number of nitriles is 1. The first-order chi connectivity index (χ1) is 10.1. The van der Waals surface area contributed by atoms with Crippen molar-refractivity contribution in [2.24, 2.45) is 0 Å². The normalized spacial score (nSPS) is 10.7. The Hall–Kier alpha value is -2.59. The third-order valence-corrected chi connectivity index (χ3v) is 3.65. The second-order valence-corrected chi connectivity index (χ2v) is 5.15. The average molecular weight is 303 g/mol. The molecule has 3 aromatic rings. The van der Waals surface area contributed by atoms with Gasteiger partial charge in [0.25, 0.3) is 5.22 Å². The average Bonchev–Trinajstić information content (AvgIpc) is 2.84. The Balaban J connectivity index is 2.01. The van der Waals surface area contributed by atoms with Crippen LogP contribution in [0.5, 0.6) is 0 Å². The highest BCUT2D eigenvalue weighted by Gasteiger charge is 2.16. The summed E-state index contributed by atoms with van der Waals surface area (Å²) in [4.78, 5) is 3.85. The van der Waals surface area contributed by atoms with Crippen molar-refractivity contribution < 1.29 is 13.2 Å². The van der Waals surface area contributed by atoms with Crippen LogP contribution in [0.1, 0.15) is 5.56 Å². The molecule has 0 radical (unpaired) electrons. The van der Waals surface area contributed by atoms with Gasteiger partial charge in [-0.2, -0.15) is 5.26 Å². The summed E-state index contributed by atoms with van der Waals surface area (Å²) in [6, 6.07) is 8.51. The molecule has 1 aromatic heterocycles. The second-order valence-electron chi connectivity index (χ2n) is 4.19. The Kier molecular flexibility index (Phi) is 3.23. The van der Waals surface area contributed by atoms with E-state index in [2.05, 4.69) is 4.98 Å². The molecule has 0 fully saturated rings. The highest BCUT2D eigenvalue weighted by Crippen LogP contribution is 2.34. The van der Waals surface area contributed by atoms with Gasteiger partial charge in [-0.05, 0) is 36.0 Å². The molecule has 104 valence electrons. The summed E-state index contributed by atoms with van der Waals surface area (Å²) in [5.41, 5.74) is 7.02. The van der Waals surface area contributed by atoms with Crippen molar-refractivity contribution in [2.45, 2.75) is 10.1 Å². The van der Waals surface area contributed by atoms with Gasteiger partial charge in [0.05, 0.1) is 16.5 Å². The fraction of sp³-hybridized carbons (Fsp3) is 0. The summed E-state index contributed by atoms with van der Waals surface area (Å²) in [5.74, 6) is -1.67. The van der Waals surface area contributed by atoms with Gasteiger partial charge in [0.2, 0.25) is 0 Å². The highest BCUT2D eigenvalue weighted by atomic mass is 32.2. The van der Waals surface area contributed by atoms with Crippen LogP contribution >= 0.6 is 11.8 Å². The van der Waals surface area contributed by atoms with Crippen molar-refractivity contribution in [3.8, 4) is 6.07 Å². The highest BCUT2D eigenvalue weighted by molar-refractivity contribution is 7.99. The van der Waals surface area contributed by atoms with E-state index in [-0.39, 0.29) is 15.7 Å². The van der Waals surface area contributed by atoms with Gasteiger partial charge in [-0.15, -0.1) is 0 Å². The fourth-order valence-electron chi connectivity index (χ4n) is 1.77. The zero-order chi connectivity index (χ0) is 15.0. The largest absolute Gasteiger partial charge is 0.431 e. The van der Waals surface area contributed by atoms with Crippen LogP contribution in [-0.2, 0) is 0 Å². The first kappa shape index (κ1) is 13.4. The van der Waals surface area contributed by atoms with Crippen molar-refractivity contribution in [3.05, 3.63) is 47.5 Å². The first-order valence-electron chi connectivity index (χ1n) is 5.80. The van der Waals surface area contributed by atoms with Crippen LogP contribution in [-0.4, -0.2) is 4.98 Å². The van der Waals surface area contributed by atoms with E-state index in [1.165, 1.54) is 0 Å². The van der Waals surface area contributed by atoms with E-state index in [1.807, 2.05) is 0 Å². The van der Waals surface area contributed by atoms with Crippen LogP contribution in [0, 0.1) is 23.0 Å². The lowest BCUT2D eigenvalue weighted by Gasteiger charge is -2.01. The minimum atomic E-state index is -0.835. The van der Waals surface area contributed by atoms with Crippen LogP contribution in [0.25, 0.3) is 11.1 Å². The van der Waals surface area contributed by atoms with E-state index in [9.17, 15) is 8.78 Å². The predicted octanol–water partition coefficient (Wildman–Crippen LogP) is 3.71.